The molecule has 0 unspecified atom stereocenters. The zero-order valence-electron chi connectivity index (χ0n) is 18.1. The summed E-state index contributed by atoms with van der Waals surface area (Å²) in [5.41, 5.74) is 2.47. The summed E-state index contributed by atoms with van der Waals surface area (Å²) >= 11 is 0. The highest BCUT2D eigenvalue weighted by atomic mass is 32.2. The zero-order valence-corrected chi connectivity index (χ0v) is 18.9. The first kappa shape index (κ1) is 21.9. The Morgan fingerprint density at radius 1 is 1.06 bits per heavy atom. The molecule has 0 spiro atoms. The normalized spacial score (nSPS) is 16.6. The minimum atomic E-state index is -3.86. The molecule has 1 aliphatic rings. The smallest absolute Gasteiger partial charge is 0.264 e. The molecule has 0 aromatic heterocycles. The van der Waals surface area contributed by atoms with E-state index in [-0.39, 0.29) is 23.3 Å². The molecule has 0 bridgehead atoms. The average molecular weight is 451 g/mol. The van der Waals surface area contributed by atoms with E-state index in [0.29, 0.717) is 18.0 Å². The number of aryl methyl sites for hydroxylation is 1. The summed E-state index contributed by atoms with van der Waals surface area (Å²) in [6, 6.07) is 23.4. The van der Waals surface area contributed by atoms with Crippen LogP contribution in [-0.4, -0.2) is 33.5 Å². The van der Waals surface area contributed by atoms with Gasteiger partial charge in [0.1, 0.15) is 5.75 Å². The van der Waals surface area contributed by atoms with Gasteiger partial charge in [0.2, 0.25) is 0 Å². The van der Waals surface area contributed by atoms with Crippen molar-refractivity contribution >= 4 is 21.6 Å². The molecule has 2 atom stereocenters. The van der Waals surface area contributed by atoms with Crippen molar-refractivity contribution in [3.05, 3.63) is 90.0 Å². The van der Waals surface area contributed by atoms with E-state index < -0.39 is 16.1 Å². The molecular formula is C25H26N2O4S. The van der Waals surface area contributed by atoms with E-state index in [1.807, 2.05) is 50.2 Å². The maximum atomic E-state index is 13.4. The number of hydrogen-bond acceptors (Lipinski definition) is 4. The lowest BCUT2D eigenvalue weighted by molar-refractivity contribution is -0.127. The van der Waals surface area contributed by atoms with E-state index >= 15 is 0 Å². The highest BCUT2D eigenvalue weighted by molar-refractivity contribution is 7.92. The number of anilines is 1. The lowest BCUT2D eigenvalue weighted by atomic mass is 10.0. The van der Waals surface area contributed by atoms with Crippen molar-refractivity contribution in [3.63, 3.8) is 0 Å². The summed E-state index contributed by atoms with van der Waals surface area (Å²) in [6.07, 6.45) is -0.953. The maximum Gasteiger partial charge on any atom is 0.264 e. The molecule has 166 valence electrons. The number of nitrogens with zero attached hydrogens (tertiary/aromatic N) is 1. The van der Waals surface area contributed by atoms with Crippen LogP contribution in [0.4, 0.5) is 5.69 Å². The minimum absolute atomic E-state index is 0.0984. The van der Waals surface area contributed by atoms with Gasteiger partial charge in [0, 0.05) is 6.54 Å². The first-order chi connectivity index (χ1) is 15.4. The van der Waals surface area contributed by atoms with Crippen molar-refractivity contribution < 1.29 is 17.9 Å². The molecule has 0 fully saturated rings. The van der Waals surface area contributed by atoms with Crippen molar-refractivity contribution in [2.45, 2.75) is 30.8 Å². The monoisotopic (exact) mass is 450 g/mol. The molecule has 0 saturated heterocycles. The number of fused-ring (bicyclic) bond motifs is 1. The van der Waals surface area contributed by atoms with Crippen molar-refractivity contribution in [2.75, 3.05) is 17.4 Å². The summed E-state index contributed by atoms with van der Waals surface area (Å²) in [4.78, 5) is 13.2. The van der Waals surface area contributed by atoms with Gasteiger partial charge < -0.3 is 10.1 Å². The first-order valence-electron chi connectivity index (χ1n) is 10.5. The van der Waals surface area contributed by atoms with Crippen LogP contribution in [0.3, 0.4) is 0 Å². The number of amides is 1. The van der Waals surface area contributed by atoms with Gasteiger partial charge in [0.05, 0.1) is 17.1 Å². The number of ether oxygens (including phenoxy) is 1. The molecular weight excluding hydrogens is 424 g/mol. The average Bonchev–Trinajstić information content (AvgIpc) is 2.82. The zero-order chi connectivity index (χ0) is 22.7. The van der Waals surface area contributed by atoms with Gasteiger partial charge in [-0.05, 0) is 48.2 Å². The van der Waals surface area contributed by atoms with Crippen molar-refractivity contribution in [1.82, 2.24) is 5.32 Å². The number of nitrogens with one attached hydrogen (secondary N) is 1. The fraction of sp³-hybridized carbons (Fsp3) is 0.240. The molecule has 0 aliphatic carbocycles. The first-order valence-corrected chi connectivity index (χ1v) is 12.0. The molecule has 1 heterocycles. The van der Waals surface area contributed by atoms with Crippen molar-refractivity contribution in [1.29, 1.82) is 0 Å². The predicted octanol–water partition coefficient (Wildman–Crippen LogP) is 3.87. The van der Waals surface area contributed by atoms with E-state index in [9.17, 15) is 13.2 Å². The topological polar surface area (TPSA) is 75.7 Å². The summed E-state index contributed by atoms with van der Waals surface area (Å²) in [5, 5.41) is 2.92. The van der Waals surface area contributed by atoms with Gasteiger partial charge in [-0.25, -0.2) is 8.42 Å². The maximum absolute atomic E-state index is 13.4. The van der Waals surface area contributed by atoms with Gasteiger partial charge >= 0.3 is 0 Å². The molecule has 1 N–H and O–H groups in total. The van der Waals surface area contributed by atoms with Crippen molar-refractivity contribution in [3.8, 4) is 5.75 Å². The van der Waals surface area contributed by atoms with E-state index in [0.717, 1.165) is 11.1 Å². The van der Waals surface area contributed by atoms with Crippen LogP contribution in [0.2, 0.25) is 0 Å². The van der Waals surface area contributed by atoms with Gasteiger partial charge in [-0.1, -0.05) is 61.5 Å². The Hall–Kier alpha value is -3.32. The molecule has 1 amide bonds. The van der Waals surface area contributed by atoms with Crippen LogP contribution in [0.15, 0.2) is 83.8 Å². The summed E-state index contributed by atoms with van der Waals surface area (Å²) < 4.78 is 34.0. The Labute approximate surface area is 188 Å². The van der Waals surface area contributed by atoms with Crippen LogP contribution >= 0.6 is 0 Å². The lowest BCUT2D eigenvalue weighted by Crippen LogP contribution is -2.51. The Morgan fingerprint density at radius 3 is 2.41 bits per heavy atom. The van der Waals surface area contributed by atoms with E-state index in [2.05, 4.69) is 5.32 Å². The van der Waals surface area contributed by atoms with Crippen LogP contribution in [0.5, 0.6) is 5.75 Å². The SMILES string of the molecule is Cc1ccc2c(c1)O[C@H](C(=O)NC[C@H](C)c1ccccc1)CN2S(=O)(=O)c1ccccc1. The third kappa shape index (κ3) is 4.48. The van der Waals surface area contributed by atoms with Crippen LogP contribution in [0, 0.1) is 6.92 Å². The molecule has 4 rings (SSSR count). The van der Waals surface area contributed by atoms with Crippen LogP contribution < -0.4 is 14.4 Å². The second-order valence-corrected chi connectivity index (χ2v) is 9.85. The third-order valence-corrected chi connectivity index (χ3v) is 7.35. The Bertz CT molecular complexity index is 1200. The van der Waals surface area contributed by atoms with Crippen LogP contribution in [0.25, 0.3) is 0 Å². The fourth-order valence-electron chi connectivity index (χ4n) is 3.71. The molecule has 6 nitrogen and oxygen atoms in total. The number of sulfonamides is 1. The van der Waals surface area contributed by atoms with Crippen LogP contribution in [-0.2, 0) is 14.8 Å². The van der Waals surface area contributed by atoms with Gasteiger partial charge in [-0.3, -0.25) is 9.10 Å². The molecule has 3 aromatic carbocycles. The van der Waals surface area contributed by atoms with Gasteiger partial charge in [-0.15, -0.1) is 0 Å². The van der Waals surface area contributed by atoms with Crippen molar-refractivity contribution in [2.24, 2.45) is 0 Å². The molecule has 32 heavy (non-hydrogen) atoms. The van der Waals surface area contributed by atoms with Gasteiger partial charge in [-0.2, -0.15) is 0 Å². The lowest BCUT2D eigenvalue weighted by Gasteiger charge is -2.35. The molecule has 1 aliphatic heterocycles. The fourth-order valence-corrected chi connectivity index (χ4v) is 5.21. The number of hydrogen-bond donors (Lipinski definition) is 1. The summed E-state index contributed by atoms with van der Waals surface area (Å²) in [6.45, 7) is 4.25. The molecule has 3 aromatic rings. The molecule has 7 heteroatoms. The second-order valence-electron chi connectivity index (χ2n) is 7.98. The Balaban J connectivity index is 1.57. The quantitative estimate of drug-likeness (QED) is 0.619. The van der Waals surface area contributed by atoms with Crippen LogP contribution in [0.1, 0.15) is 24.0 Å². The van der Waals surface area contributed by atoms with E-state index in [1.165, 1.54) is 4.31 Å². The van der Waals surface area contributed by atoms with Gasteiger partial charge in [0.25, 0.3) is 15.9 Å². The number of benzene rings is 3. The largest absolute Gasteiger partial charge is 0.476 e. The summed E-state index contributed by atoms with van der Waals surface area (Å²) in [7, 11) is -3.86. The van der Waals surface area contributed by atoms with Gasteiger partial charge in [0.15, 0.2) is 6.10 Å². The highest BCUT2D eigenvalue weighted by Gasteiger charge is 2.37. The molecule has 0 saturated carbocycles. The number of rotatable bonds is 6. The predicted molar refractivity (Wildman–Crippen MR) is 124 cm³/mol. The standard InChI is InChI=1S/C25H26N2O4S/c1-18-13-14-22-23(15-18)31-24(17-27(22)32(29,30)21-11-7-4-8-12-21)25(28)26-16-19(2)20-9-5-3-6-10-20/h3-15,19,24H,16-17H2,1-2H3,(H,26,28)/t19-,24-/m0/s1. The highest BCUT2D eigenvalue weighted by Crippen LogP contribution is 2.37. The summed E-state index contributed by atoms with van der Waals surface area (Å²) in [5.74, 6) is 0.155. The third-order valence-electron chi connectivity index (χ3n) is 5.56. The molecule has 0 radical (unpaired) electrons. The number of carbonyl (C=O) groups is 1. The van der Waals surface area contributed by atoms with E-state index in [4.69, 9.17) is 4.74 Å². The minimum Gasteiger partial charge on any atom is -0.476 e. The second kappa shape index (κ2) is 9.04. The number of carbonyl (C=O) groups excluding carboxylic acids is 1. The Kier molecular flexibility index (Phi) is 6.19. The van der Waals surface area contributed by atoms with E-state index in [1.54, 1.807) is 42.5 Å². The Morgan fingerprint density at radius 2 is 1.72 bits per heavy atom.